The van der Waals surface area contributed by atoms with E-state index in [0.717, 1.165) is 19.1 Å². The van der Waals surface area contributed by atoms with Crippen LogP contribution in [0.15, 0.2) is 24.3 Å². The van der Waals surface area contributed by atoms with Crippen molar-refractivity contribution in [1.29, 1.82) is 0 Å². The fourth-order valence-electron chi connectivity index (χ4n) is 3.06. The maximum absolute atomic E-state index is 3.19. The molecule has 3 heteroatoms. The van der Waals surface area contributed by atoms with Gasteiger partial charge in [0.1, 0.15) is 0 Å². The average molecular weight is 275 g/mol. The highest BCUT2D eigenvalue weighted by Gasteiger charge is 2.21. The Morgan fingerprint density at radius 3 is 2.30 bits per heavy atom. The molecule has 3 nitrogen and oxygen atoms in total. The summed E-state index contributed by atoms with van der Waals surface area (Å²) in [6.07, 6.45) is 2.62. The molecule has 0 spiro atoms. The summed E-state index contributed by atoms with van der Waals surface area (Å²) in [6.45, 7) is 7.99. The van der Waals surface area contributed by atoms with Gasteiger partial charge in [-0.1, -0.05) is 31.2 Å². The van der Waals surface area contributed by atoms with E-state index in [1.807, 2.05) is 7.05 Å². The van der Waals surface area contributed by atoms with Crippen molar-refractivity contribution in [3.05, 3.63) is 35.4 Å². The zero-order valence-electron chi connectivity index (χ0n) is 13.2. The molecule has 0 amide bonds. The van der Waals surface area contributed by atoms with Gasteiger partial charge in [0.15, 0.2) is 0 Å². The first kappa shape index (κ1) is 15.5. The van der Waals surface area contributed by atoms with Crippen molar-refractivity contribution in [2.75, 3.05) is 33.7 Å². The van der Waals surface area contributed by atoms with Crippen LogP contribution in [0.5, 0.6) is 0 Å². The van der Waals surface area contributed by atoms with E-state index in [9.17, 15) is 0 Å². The number of hydrogen-bond donors (Lipinski definition) is 1. The van der Waals surface area contributed by atoms with E-state index < -0.39 is 0 Å². The number of nitrogens with zero attached hydrogens (tertiary/aromatic N) is 2. The number of piperidine rings is 1. The van der Waals surface area contributed by atoms with Gasteiger partial charge in [-0.25, -0.2) is 0 Å². The Morgan fingerprint density at radius 2 is 1.75 bits per heavy atom. The highest BCUT2D eigenvalue weighted by molar-refractivity contribution is 5.22. The van der Waals surface area contributed by atoms with Crippen molar-refractivity contribution in [2.24, 2.45) is 0 Å². The van der Waals surface area contributed by atoms with Gasteiger partial charge in [0.25, 0.3) is 0 Å². The van der Waals surface area contributed by atoms with Crippen LogP contribution in [0.1, 0.15) is 30.9 Å². The zero-order chi connectivity index (χ0) is 14.4. The minimum atomic E-state index is 0.745. The summed E-state index contributed by atoms with van der Waals surface area (Å²) in [5, 5.41) is 3.19. The number of nitrogens with one attached hydrogen (secondary N) is 1. The maximum Gasteiger partial charge on any atom is 0.0233 e. The lowest BCUT2D eigenvalue weighted by Crippen LogP contribution is -2.42. The molecule has 1 heterocycles. The van der Waals surface area contributed by atoms with Gasteiger partial charge < -0.3 is 10.2 Å². The van der Waals surface area contributed by atoms with Crippen LogP contribution in [0.25, 0.3) is 0 Å². The standard InChI is InChI=1S/C17H29N3/c1-4-20-11-9-17(10-12-20)19(3)14-16-7-5-15(6-8-16)13-18-2/h5-8,17-18H,4,9-14H2,1-3H3. The third kappa shape index (κ3) is 4.30. The molecule has 0 unspecified atom stereocenters. The van der Waals surface area contributed by atoms with Crippen LogP contribution in [-0.2, 0) is 13.1 Å². The number of hydrogen-bond acceptors (Lipinski definition) is 3. The van der Waals surface area contributed by atoms with Crippen molar-refractivity contribution >= 4 is 0 Å². The first-order valence-electron chi connectivity index (χ1n) is 7.88. The first-order valence-corrected chi connectivity index (χ1v) is 7.88. The lowest BCUT2D eigenvalue weighted by Gasteiger charge is -2.36. The highest BCUT2D eigenvalue weighted by atomic mass is 15.2. The molecule has 1 aliphatic heterocycles. The van der Waals surface area contributed by atoms with Crippen LogP contribution >= 0.6 is 0 Å². The third-order valence-electron chi connectivity index (χ3n) is 4.46. The first-order chi connectivity index (χ1) is 9.72. The van der Waals surface area contributed by atoms with E-state index in [1.165, 1.54) is 43.6 Å². The van der Waals surface area contributed by atoms with E-state index in [0.29, 0.717) is 0 Å². The van der Waals surface area contributed by atoms with Gasteiger partial charge in [-0.15, -0.1) is 0 Å². The summed E-state index contributed by atoms with van der Waals surface area (Å²) < 4.78 is 0. The number of rotatable bonds is 6. The molecule has 1 saturated heterocycles. The largest absolute Gasteiger partial charge is 0.316 e. The molecular weight excluding hydrogens is 246 g/mol. The molecular formula is C17H29N3. The summed E-state index contributed by atoms with van der Waals surface area (Å²) in [7, 11) is 4.26. The van der Waals surface area contributed by atoms with Crippen LogP contribution in [0.2, 0.25) is 0 Å². The SMILES string of the molecule is CCN1CCC(N(C)Cc2ccc(CNC)cc2)CC1. The molecule has 0 aromatic heterocycles. The van der Waals surface area contributed by atoms with E-state index in [-0.39, 0.29) is 0 Å². The summed E-state index contributed by atoms with van der Waals surface area (Å²) in [6, 6.07) is 9.75. The predicted molar refractivity (Wildman–Crippen MR) is 85.8 cm³/mol. The minimum absolute atomic E-state index is 0.745. The maximum atomic E-state index is 3.19. The monoisotopic (exact) mass is 275 g/mol. The lowest BCUT2D eigenvalue weighted by molar-refractivity contribution is 0.127. The molecule has 0 bridgehead atoms. The molecule has 0 atom stereocenters. The molecule has 1 aromatic carbocycles. The van der Waals surface area contributed by atoms with Crippen molar-refractivity contribution in [2.45, 2.75) is 38.9 Å². The molecule has 1 aliphatic rings. The minimum Gasteiger partial charge on any atom is -0.316 e. The molecule has 0 saturated carbocycles. The summed E-state index contributed by atoms with van der Waals surface area (Å²) in [5.74, 6) is 0. The quantitative estimate of drug-likeness (QED) is 0.859. The fraction of sp³-hybridized carbons (Fsp3) is 0.647. The molecule has 1 aromatic rings. The Kier molecular flexibility index (Phi) is 6.02. The summed E-state index contributed by atoms with van der Waals surface area (Å²) >= 11 is 0. The number of benzene rings is 1. The Balaban J connectivity index is 1.83. The van der Waals surface area contributed by atoms with Crippen LogP contribution in [-0.4, -0.2) is 49.6 Å². The Hall–Kier alpha value is -0.900. The second kappa shape index (κ2) is 7.77. The van der Waals surface area contributed by atoms with Gasteiger partial charge in [0, 0.05) is 19.1 Å². The Morgan fingerprint density at radius 1 is 1.15 bits per heavy atom. The molecule has 1 fully saturated rings. The van der Waals surface area contributed by atoms with E-state index in [1.54, 1.807) is 0 Å². The van der Waals surface area contributed by atoms with E-state index in [2.05, 4.69) is 53.4 Å². The van der Waals surface area contributed by atoms with Crippen molar-refractivity contribution in [3.63, 3.8) is 0 Å². The fourth-order valence-corrected chi connectivity index (χ4v) is 3.06. The zero-order valence-corrected chi connectivity index (χ0v) is 13.2. The van der Waals surface area contributed by atoms with Gasteiger partial charge in [-0.2, -0.15) is 0 Å². The van der Waals surface area contributed by atoms with Gasteiger partial charge in [0.2, 0.25) is 0 Å². The van der Waals surface area contributed by atoms with Crippen molar-refractivity contribution in [1.82, 2.24) is 15.1 Å². The predicted octanol–water partition coefficient (Wildman–Crippen LogP) is 2.32. The van der Waals surface area contributed by atoms with Crippen LogP contribution in [0.4, 0.5) is 0 Å². The molecule has 20 heavy (non-hydrogen) atoms. The Bertz CT molecular complexity index is 380. The number of likely N-dealkylation sites (tertiary alicyclic amines) is 1. The van der Waals surface area contributed by atoms with Gasteiger partial charge in [-0.3, -0.25) is 4.90 Å². The van der Waals surface area contributed by atoms with E-state index >= 15 is 0 Å². The van der Waals surface area contributed by atoms with Crippen LogP contribution < -0.4 is 5.32 Å². The third-order valence-corrected chi connectivity index (χ3v) is 4.46. The van der Waals surface area contributed by atoms with E-state index in [4.69, 9.17) is 0 Å². The molecule has 0 aliphatic carbocycles. The van der Waals surface area contributed by atoms with Gasteiger partial charge >= 0.3 is 0 Å². The van der Waals surface area contributed by atoms with Gasteiger partial charge in [0.05, 0.1) is 0 Å². The molecule has 112 valence electrons. The molecule has 2 rings (SSSR count). The summed E-state index contributed by atoms with van der Waals surface area (Å²) in [5.41, 5.74) is 2.78. The lowest BCUT2D eigenvalue weighted by atomic mass is 10.0. The molecule has 1 N–H and O–H groups in total. The van der Waals surface area contributed by atoms with Crippen molar-refractivity contribution in [3.8, 4) is 0 Å². The van der Waals surface area contributed by atoms with Crippen LogP contribution in [0, 0.1) is 0 Å². The molecule has 0 radical (unpaired) electrons. The Labute approximate surface area is 124 Å². The summed E-state index contributed by atoms with van der Waals surface area (Å²) in [4.78, 5) is 5.08. The van der Waals surface area contributed by atoms with Gasteiger partial charge in [-0.05, 0) is 57.7 Å². The average Bonchev–Trinajstić information content (AvgIpc) is 2.49. The normalized spacial score (nSPS) is 17.8. The topological polar surface area (TPSA) is 18.5 Å². The smallest absolute Gasteiger partial charge is 0.0233 e. The van der Waals surface area contributed by atoms with Crippen molar-refractivity contribution < 1.29 is 0 Å². The van der Waals surface area contributed by atoms with Crippen LogP contribution in [0.3, 0.4) is 0 Å². The second-order valence-electron chi connectivity index (χ2n) is 5.93. The highest BCUT2D eigenvalue weighted by Crippen LogP contribution is 2.17. The second-order valence-corrected chi connectivity index (χ2v) is 5.93.